The Kier molecular flexibility index (Phi) is 5.90. The Labute approximate surface area is 73.2 Å². The zero-order valence-corrected chi connectivity index (χ0v) is 7.56. The van der Waals surface area contributed by atoms with E-state index in [9.17, 15) is 0 Å². The van der Waals surface area contributed by atoms with Crippen LogP contribution in [0.4, 0.5) is 0 Å². The second-order valence-electron chi connectivity index (χ2n) is 2.17. The summed E-state index contributed by atoms with van der Waals surface area (Å²) in [6.45, 7) is 6.15. The van der Waals surface area contributed by atoms with Gasteiger partial charge >= 0.3 is 0 Å². The molecule has 0 aliphatic rings. The smallest absolute Gasteiger partial charge is 0.0334 e. The average molecular weight is 172 g/mol. The minimum Gasteiger partial charge on any atom is -0.327 e. The summed E-state index contributed by atoms with van der Waals surface area (Å²) >= 11 is 5.53. The molecule has 0 aromatic carbocycles. The summed E-state index contributed by atoms with van der Waals surface area (Å²) in [6, 6.07) is 0. The maximum Gasteiger partial charge on any atom is 0.0334 e. The van der Waals surface area contributed by atoms with E-state index in [0.29, 0.717) is 11.6 Å². The van der Waals surface area contributed by atoms with Crippen LogP contribution in [0.3, 0.4) is 0 Å². The van der Waals surface area contributed by atoms with Gasteiger partial charge in [0.15, 0.2) is 0 Å². The van der Waals surface area contributed by atoms with Gasteiger partial charge in [0.25, 0.3) is 0 Å². The number of rotatable bonds is 4. The lowest BCUT2D eigenvalue weighted by molar-refractivity contribution is 1.13. The summed E-state index contributed by atoms with van der Waals surface area (Å²) in [6.07, 6.45) is 6.69. The molecular weight excluding hydrogens is 158 g/mol. The van der Waals surface area contributed by atoms with Crippen molar-refractivity contribution in [1.29, 1.82) is 0 Å². The highest BCUT2D eigenvalue weighted by Crippen LogP contribution is 2.02. The normalized spacial score (nSPS) is 12.5. The Bertz CT molecular complexity index is 180. The lowest BCUT2D eigenvalue weighted by atomic mass is 10.2. The number of halogens is 1. The maximum atomic E-state index is 5.53. The van der Waals surface area contributed by atoms with Crippen LogP contribution in [0.15, 0.2) is 35.4 Å². The molecule has 0 radical (unpaired) electrons. The van der Waals surface area contributed by atoms with Gasteiger partial charge in [0.2, 0.25) is 0 Å². The molecule has 0 atom stereocenters. The molecule has 0 saturated carbocycles. The highest BCUT2D eigenvalue weighted by atomic mass is 35.5. The lowest BCUT2D eigenvalue weighted by Crippen LogP contribution is -2.00. The maximum absolute atomic E-state index is 5.53. The van der Waals surface area contributed by atoms with Crippen molar-refractivity contribution in [2.75, 3.05) is 6.54 Å². The molecule has 0 amide bonds. The van der Waals surface area contributed by atoms with Crippen LogP contribution < -0.4 is 5.73 Å². The summed E-state index contributed by atoms with van der Waals surface area (Å²) in [7, 11) is 0. The van der Waals surface area contributed by atoms with Gasteiger partial charge in [-0.1, -0.05) is 37.3 Å². The van der Waals surface area contributed by atoms with Crippen molar-refractivity contribution >= 4 is 11.6 Å². The van der Waals surface area contributed by atoms with E-state index in [1.807, 2.05) is 6.08 Å². The fourth-order valence-corrected chi connectivity index (χ4v) is 0.742. The van der Waals surface area contributed by atoms with Crippen molar-refractivity contribution in [3.63, 3.8) is 0 Å². The van der Waals surface area contributed by atoms with Crippen molar-refractivity contribution in [3.8, 4) is 0 Å². The molecule has 2 N–H and O–H groups in total. The zero-order chi connectivity index (χ0) is 8.69. The van der Waals surface area contributed by atoms with Gasteiger partial charge in [-0.3, -0.25) is 0 Å². The van der Waals surface area contributed by atoms with Crippen LogP contribution >= 0.6 is 11.6 Å². The molecule has 0 fully saturated rings. The molecule has 2 heteroatoms. The standard InChI is InChI=1S/C9H14ClN/c1-3-4-9(7-11)6-5-8(2)10/h4-6H,2-3,7,11H2,1H3/b6-5-,9-4+. The lowest BCUT2D eigenvalue weighted by Gasteiger charge is -1.94. The highest BCUT2D eigenvalue weighted by molar-refractivity contribution is 6.30. The van der Waals surface area contributed by atoms with E-state index >= 15 is 0 Å². The quantitative estimate of drug-likeness (QED) is 0.647. The van der Waals surface area contributed by atoms with Gasteiger partial charge in [-0.25, -0.2) is 0 Å². The molecule has 62 valence electrons. The first-order valence-corrected chi connectivity index (χ1v) is 4.00. The van der Waals surface area contributed by atoms with Crippen LogP contribution in [0.1, 0.15) is 13.3 Å². The minimum atomic E-state index is 0.528. The van der Waals surface area contributed by atoms with Gasteiger partial charge in [0.1, 0.15) is 0 Å². The van der Waals surface area contributed by atoms with E-state index < -0.39 is 0 Å². The summed E-state index contributed by atoms with van der Waals surface area (Å²) in [4.78, 5) is 0. The predicted octanol–water partition coefficient (Wildman–Crippen LogP) is 2.59. The Balaban J connectivity index is 4.08. The predicted molar refractivity (Wildman–Crippen MR) is 51.6 cm³/mol. The number of allylic oxidation sites excluding steroid dienone is 3. The Morgan fingerprint density at radius 2 is 2.18 bits per heavy atom. The fraction of sp³-hybridized carbons (Fsp3) is 0.333. The monoisotopic (exact) mass is 171 g/mol. The third-order valence-electron chi connectivity index (χ3n) is 1.18. The van der Waals surface area contributed by atoms with Crippen molar-refractivity contribution in [2.24, 2.45) is 5.73 Å². The van der Waals surface area contributed by atoms with Gasteiger partial charge in [-0.2, -0.15) is 0 Å². The topological polar surface area (TPSA) is 26.0 Å². The molecule has 0 heterocycles. The summed E-state index contributed by atoms with van der Waals surface area (Å²) in [5.74, 6) is 0. The molecule has 1 nitrogen and oxygen atoms in total. The van der Waals surface area contributed by atoms with E-state index in [-0.39, 0.29) is 0 Å². The SMILES string of the molecule is C=C(Cl)/C=C\C(=C/CC)CN. The molecule has 0 aromatic heterocycles. The van der Waals surface area contributed by atoms with Gasteiger partial charge in [0, 0.05) is 11.6 Å². The molecule has 11 heavy (non-hydrogen) atoms. The van der Waals surface area contributed by atoms with Crippen molar-refractivity contribution < 1.29 is 0 Å². The molecule has 0 aliphatic carbocycles. The molecule has 0 rings (SSSR count). The molecule has 0 unspecified atom stereocenters. The zero-order valence-electron chi connectivity index (χ0n) is 6.81. The van der Waals surface area contributed by atoms with E-state index in [2.05, 4.69) is 19.6 Å². The molecule has 0 spiro atoms. The third-order valence-corrected chi connectivity index (χ3v) is 1.31. The van der Waals surface area contributed by atoms with Crippen molar-refractivity contribution in [1.82, 2.24) is 0 Å². The summed E-state index contributed by atoms with van der Waals surface area (Å²) in [5, 5.41) is 0.528. The Morgan fingerprint density at radius 1 is 1.55 bits per heavy atom. The Hall–Kier alpha value is -0.530. The van der Waals surface area contributed by atoms with Crippen LogP contribution in [-0.2, 0) is 0 Å². The van der Waals surface area contributed by atoms with Crippen molar-refractivity contribution in [3.05, 3.63) is 35.4 Å². The van der Waals surface area contributed by atoms with Gasteiger partial charge in [-0.05, 0) is 18.1 Å². The van der Waals surface area contributed by atoms with E-state index in [1.54, 1.807) is 6.08 Å². The molecule has 0 aliphatic heterocycles. The number of hydrogen-bond donors (Lipinski definition) is 1. The van der Waals surface area contributed by atoms with Crippen LogP contribution in [-0.4, -0.2) is 6.54 Å². The highest BCUT2D eigenvalue weighted by Gasteiger charge is 1.85. The Morgan fingerprint density at radius 3 is 2.55 bits per heavy atom. The van der Waals surface area contributed by atoms with Gasteiger partial charge in [-0.15, -0.1) is 0 Å². The minimum absolute atomic E-state index is 0.528. The molecule has 0 saturated heterocycles. The molecule has 0 aromatic rings. The van der Waals surface area contributed by atoms with E-state index in [4.69, 9.17) is 17.3 Å². The first-order chi connectivity index (χ1) is 5.20. The van der Waals surface area contributed by atoms with Gasteiger partial charge in [0.05, 0.1) is 0 Å². The fourth-order valence-electron chi connectivity index (χ4n) is 0.679. The first kappa shape index (κ1) is 10.5. The van der Waals surface area contributed by atoms with Crippen molar-refractivity contribution in [2.45, 2.75) is 13.3 Å². The number of hydrogen-bond acceptors (Lipinski definition) is 1. The van der Waals surface area contributed by atoms with Gasteiger partial charge < -0.3 is 5.73 Å². The molecule has 0 bridgehead atoms. The first-order valence-electron chi connectivity index (χ1n) is 3.62. The second-order valence-corrected chi connectivity index (χ2v) is 2.66. The van der Waals surface area contributed by atoms with Crippen LogP contribution in [0.5, 0.6) is 0 Å². The molecular formula is C9H14ClN. The second kappa shape index (κ2) is 6.20. The third kappa shape index (κ3) is 5.89. The van der Waals surface area contributed by atoms with Crippen LogP contribution in [0, 0.1) is 0 Å². The van der Waals surface area contributed by atoms with Crippen LogP contribution in [0.25, 0.3) is 0 Å². The average Bonchev–Trinajstić information content (AvgIpc) is 1.97. The summed E-state index contributed by atoms with van der Waals surface area (Å²) < 4.78 is 0. The number of nitrogens with two attached hydrogens (primary N) is 1. The van der Waals surface area contributed by atoms with E-state index in [0.717, 1.165) is 12.0 Å². The summed E-state index contributed by atoms with van der Waals surface area (Å²) in [5.41, 5.74) is 6.54. The van der Waals surface area contributed by atoms with Crippen LogP contribution in [0.2, 0.25) is 0 Å². The van der Waals surface area contributed by atoms with E-state index in [1.165, 1.54) is 0 Å². The largest absolute Gasteiger partial charge is 0.327 e.